The molecule has 0 radical (unpaired) electrons. The van der Waals surface area contributed by atoms with E-state index in [1.54, 1.807) is 6.92 Å². The number of nitrogen functional groups attached to an aromatic ring is 1. The molecule has 42 heavy (non-hydrogen) atoms. The van der Waals surface area contributed by atoms with Crippen LogP contribution in [0.1, 0.15) is 44.8 Å². The highest BCUT2D eigenvalue weighted by molar-refractivity contribution is 6.36. The highest BCUT2D eigenvalue weighted by Crippen LogP contribution is 2.54. The van der Waals surface area contributed by atoms with Crippen LogP contribution in [-0.4, -0.2) is 52.5 Å². The van der Waals surface area contributed by atoms with E-state index in [2.05, 4.69) is 20.5 Å². The quantitative estimate of drug-likeness (QED) is 0.270. The lowest BCUT2D eigenvalue weighted by molar-refractivity contribution is -0.120. The number of anilines is 1. The average Bonchev–Trinajstić information content (AvgIpc) is 3.66. The Bertz CT molecular complexity index is 1750. The molecular weight excluding hydrogens is 566 g/mol. The van der Waals surface area contributed by atoms with Gasteiger partial charge in [-0.2, -0.15) is 4.98 Å². The summed E-state index contributed by atoms with van der Waals surface area (Å²) >= 11 is 6.56. The summed E-state index contributed by atoms with van der Waals surface area (Å²) in [6, 6.07) is 10.6. The van der Waals surface area contributed by atoms with Gasteiger partial charge in [0.25, 0.3) is 0 Å². The third-order valence-electron chi connectivity index (χ3n) is 7.62. The number of rotatable bonds is 7. The van der Waals surface area contributed by atoms with Crippen LogP contribution in [0.4, 0.5) is 5.95 Å². The van der Waals surface area contributed by atoms with Crippen LogP contribution >= 0.6 is 11.6 Å². The molecule has 1 amide bonds. The average molecular weight is 592 g/mol. The number of halogens is 1. The number of hydrogen-bond acceptors (Lipinski definition) is 10. The van der Waals surface area contributed by atoms with Gasteiger partial charge in [0, 0.05) is 29.5 Å². The zero-order chi connectivity index (χ0) is 29.8. The van der Waals surface area contributed by atoms with E-state index in [9.17, 15) is 14.4 Å². The fourth-order valence-electron chi connectivity index (χ4n) is 5.62. The second-order valence-electron chi connectivity index (χ2n) is 10.1. The second kappa shape index (κ2) is 10.2. The number of nitrogens with one attached hydrogen (secondary N) is 2. The lowest BCUT2D eigenvalue weighted by Crippen LogP contribution is -2.56. The maximum atomic E-state index is 14.5. The van der Waals surface area contributed by atoms with Crippen molar-refractivity contribution in [2.45, 2.75) is 31.9 Å². The van der Waals surface area contributed by atoms with Crippen molar-refractivity contribution in [3.63, 3.8) is 0 Å². The Morgan fingerprint density at radius 2 is 1.88 bits per heavy atom. The first-order valence-corrected chi connectivity index (χ1v) is 13.4. The zero-order valence-corrected chi connectivity index (χ0v) is 23.6. The third-order valence-corrected chi connectivity index (χ3v) is 7.98. The summed E-state index contributed by atoms with van der Waals surface area (Å²) in [5.74, 6) is -0.697. The smallest absolute Gasteiger partial charge is 0.239 e. The van der Waals surface area contributed by atoms with Crippen LogP contribution in [0, 0.1) is 5.92 Å². The maximum Gasteiger partial charge on any atom is 0.239 e. The van der Waals surface area contributed by atoms with Crippen molar-refractivity contribution in [2.24, 2.45) is 5.92 Å². The second-order valence-corrected chi connectivity index (χ2v) is 10.4. The van der Waals surface area contributed by atoms with Gasteiger partial charge in [0.05, 0.1) is 32.7 Å². The SMILES string of the molecule is COc1cc(OC)c2c(c1Cl)O[C@@]1(C(=O)c3c(oc(-c4ccccc4)c3CC(=O)NCc3nc(N)n[nH]3)C[C@H]1C)C2=O. The summed E-state index contributed by atoms with van der Waals surface area (Å²) in [4.78, 5) is 45.8. The number of aromatic amines is 1. The van der Waals surface area contributed by atoms with Crippen molar-refractivity contribution in [1.29, 1.82) is 0 Å². The minimum atomic E-state index is -1.95. The van der Waals surface area contributed by atoms with E-state index in [4.69, 9.17) is 36.0 Å². The van der Waals surface area contributed by atoms with Gasteiger partial charge in [0.1, 0.15) is 39.4 Å². The van der Waals surface area contributed by atoms with Crippen LogP contribution < -0.4 is 25.3 Å². The van der Waals surface area contributed by atoms with Crippen molar-refractivity contribution < 1.29 is 33.0 Å². The van der Waals surface area contributed by atoms with Crippen molar-refractivity contribution in [1.82, 2.24) is 20.5 Å². The summed E-state index contributed by atoms with van der Waals surface area (Å²) in [6.45, 7) is 1.78. The first kappa shape index (κ1) is 27.3. The normalized spacial score (nSPS) is 18.9. The van der Waals surface area contributed by atoms with Gasteiger partial charge >= 0.3 is 0 Å². The largest absolute Gasteiger partial charge is 0.496 e. The standard InChI is InChI=1S/C29H26ClN5O7/c1-13-9-17-21(26(37)29(13)27(38)22-16(39-2)11-18(40-3)23(30)25(22)42-29)15(24(41-17)14-7-5-4-6-8-14)10-20(36)32-12-19-33-28(31)35-34-19/h4-8,11,13H,9-10,12H2,1-3H3,(H,32,36)(H3,31,33,34,35)/t13-,29+/m1/s1. The maximum absolute atomic E-state index is 14.5. The van der Waals surface area contributed by atoms with E-state index < -0.39 is 29.0 Å². The molecule has 0 saturated heterocycles. The molecule has 1 spiro atoms. The van der Waals surface area contributed by atoms with Gasteiger partial charge in [-0.25, -0.2) is 0 Å². The molecule has 2 aliphatic rings. The monoisotopic (exact) mass is 591 g/mol. The molecule has 0 unspecified atom stereocenters. The minimum absolute atomic E-state index is 0.0129. The lowest BCUT2D eigenvalue weighted by Gasteiger charge is -2.35. The highest BCUT2D eigenvalue weighted by Gasteiger charge is 2.63. The van der Waals surface area contributed by atoms with Crippen molar-refractivity contribution >= 4 is 35.0 Å². The Balaban J connectivity index is 1.44. The molecule has 2 aromatic heterocycles. The predicted octanol–water partition coefficient (Wildman–Crippen LogP) is 3.57. The fraction of sp³-hybridized carbons (Fsp3) is 0.276. The van der Waals surface area contributed by atoms with E-state index in [0.29, 0.717) is 28.5 Å². The van der Waals surface area contributed by atoms with Gasteiger partial charge in [-0.15, -0.1) is 5.10 Å². The lowest BCUT2D eigenvalue weighted by atomic mass is 9.70. The first-order chi connectivity index (χ1) is 20.2. The number of nitrogens with zero attached hydrogens (tertiary/aromatic N) is 2. The van der Waals surface area contributed by atoms with Crippen LogP contribution in [0.25, 0.3) is 11.3 Å². The number of H-pyrrole nitrogens is 1. The number of furan rings is 1. The molecule has 4 aromatic rings. The molecule has 0 saturated carbocycles. The number of methoxy groups -OCH3 is 2. The van der Waals surface area contributed by atoms with Gasteiger partial charge in [-0.1, -0.05) is 48.9 Å². The Kier molecular flexibility index (Phi) is 6.65. The molecule has 3 heterocycles. The number of aromatic nitrogens is 3. The van der Waals surface area contributed by atoms with Crippen LogP contribution in [0.5, 0.6) is 17.2 Å². The molecule has 216 valence electrons. The number of ketones is 2. The Labute approximate surface area is 244 Å². The van der Waals surface area contributed by atoms with Crippen molar-refractivity contribution in [3.05, 3.63) is 69.7 Å². The zero-order valence-electron chi connectivity index (χ0n) is 22.9. The molecule has 4 N–H and O–H groups in total. The van der Waals surface area contributed by atoms with E-state index >= 15 is 0 Å². The fourth-order valence-corrected chi connectivity index (χ4v) is 5.88. The van der Waals surface area contributed by atoms with Gasteiger partial charge < -0.3 is 29.7 Å². The number of Topliss-reactive ketones (excluding diaryl/α,β-unsaturated/α-hetero) is 2. The molecule has 13 heteroatoms. The van der Waals surface area contributed by atoms with Gasteiger partial charge in [-0.05, 0) is 0 Å². The Morgan fingerprint density at radius 1 is 1.17 bits per heavy atom. The number of hydrogen-bond donors (Lipinski definition) is 3. The van der Waals surface area contributed by atoms with Crippen LogP contribution in [0.2, 0.25) is 5.02 Å². The summed E-state index contributed by atoms with van der Waals surface area (Å²) in [5.41, 5.74) is 4.80. The minimum Gasteiger partial charge on any atom is -0.496 e. The Hall–Kier alpha value is -4.84. The summed E-state index contributed by atoms with van der Waals surface area (Å²) in [7, 11) is 2.82. The molecule has 12 nitrogen and oxygen atoms in total. The summed E-state index contributed by atoms with van der Waals surface area (Å²) in [6.07, 6.45) is -0.0292. The number of nitrogens with two attached hydrogens (primary N) is 1. The molecule has 2 aromatic carbocycles. The number of ether oxygens (including phenoxy) is 3. The van der Waals surface area contributed by atoms with E-state index in [1.165, 1.54) is 20.3 Å². The number of benzene rings is 2. The molecule has 1 aliphatic carbocycles. The van der Waals surface area contributed by atoms with Crippen molar-refractivity contribution in [3.8, 4) is 28.6 Å². The molecule has 1 aliphatic heterocycles. The van der Waals surface area contributed by atoms with E-state index in [1.807, 2.05) is 30.3 Å². The van der Waals surface area contributed by atoms with Crippen LogP contribution in [0.15, 0.2) is 40.8 Å². The number of fused-ring (bicyclic) bond motifs is 2. The topological polar surface area (TPSA) is 172 Å². The van der Waals surface area contributed by atoms with E-state index in [0.717, 1.165) is 0 Å². The molecule has 0 bridgehead atoms. The molecule has 2 atom stereocenters. The molecular formula is C29H26ClN5O7. The molecule has 0 fully saturated rings. The third kappa shape index (κ3) is 4.09. The van der Waals surface area contributed by atoms with E-state index in [-0.39, 0.29) is 58.7 Å². The first-order valence-electron chi connectivity index (χ1n) is 13.1. The van der Waals surface area contributed by atoms with Crippen LogP contribution in [0.3, 0.4) is 0 Å². The Morgan fingerprint density at radius 3 is 2.55 bits per heavy atom. The van der Waals surface area contributed by atoms with Gasteiger partial charge in [-0.3, -0.25) is 19.5 Å². The van der Waals surface area contributed by atoms with Crippen molar-refractivity contribution in [2.75, 3.05) is 20.0 Å². The summed E-state index contributed by atoms with van der Waals surface area (Å²) in [5, 5.41) is 9.18. The van der Waals surface area contributed by atoms with Crippen LogP contribution in [-0.2, 0) is 24.2 Å². The highest BCUT2D eigenvalue weighted by atomic mass is 35.5. The number of carbonyl (C=O) groups excluding carboxylic acids is 3. The number of carbonyl (C=O) groups is 3. The predicted molar refractivity (Wildman–Crippen MR) is 150 cm³/mol. The van der Waals surface area contributed by atoms with Gasteiger partial charge in [0.2, 0.25) is 29.0 Å². The van der Waals surface area contributed by atoms with Gasteiger partial charge in [0.15, 0.2) is 5.75 Å². The number of amides is 1. The molecule has 6 rings (SSSR count). The summed E-state index contributed by atoms with van der Waals surface area (Å²) < 4.78 is 23.3.